The first-order valence-electron chi connectivity index (χ1n) is 1.64. The van der Waals surface area contributed by atoms with E-state index in [1.54, 1.807) is 0 Å². The van der Waals surface area contributed by atoms with Gasteiger partial charge < -0.3 is 46.0 Å². The van der Waals surface area contributed by atoms with Crippen molar-refractivity contribution in [2.24, 2.45) is 0 Å². The first kappa shape index (κ1) is 22.5. The van der Waals surface area contributed by atoms with E-state index in [2.05, 4.69) is 0 Å². The van der Waals surface area contributed by atoms with Crippen molar-refractivity contribution in [3.05, 3.63) is 46.0 Å². The number of hydrogen-bond donors (Lipinski definition) is 0. The normalized spacial score (nSPS) is 5.54. The van der Waals surface area contributed by atoms with Gasteiger partial charge in [-0.2, -0.15) is 0 Å². The molecular formula is N3O9Ru. The topological polar surface area (TPSA) is 199 Å². The summed E-state index contributed by atoms with van der Waals surface area (Å²) in [7, 11) is 0. The zero-order valence-corrected chi connectivity index (χ0v) is 7.11. The van der Waals surface area contributed by atoms with Crippen molar-refractivity contribution in [1.82, 2.24) is 0 Å². The summed E-state index contributed by atoms with van der Waals surface area (Å²) in [6, 6.07) is 0. The molecule has 0 aromatic heterocycles. The van der Waals surface area contributed by atoms with Crippen molar-refractivity contribution < 1.29 is 34.7 Å². The molecule has 0 amide bonds. The Balaban J connectivity index is -0.0000000450. The number of nitrogens with zero attached hydrogens (tertiary/aromatic N) is 3. The average molecular weight is 287 g/mol. The minimum absolute atomic E-state index is 0. The van der Waals surface area contributed by atoms with Gasteiger partial charge in [-0.05, 0) is 0 Å². The molecule has 12 nitrogen and oxygen atoms in total. The van der Waals surface area contributed by atoms with Gasteiger partial charge in [0, 0.05) is 0 Å². The van der Waals surface area contributed by atoms with E-state index in [1.165, 1.54) is 0 Å². The van der Waals surface area contributed by atoms with Crippen LogP contribution in [0.2, 0.25) is 0 Å². The van der Waals surface area contributed by atoms with E-state index in [4.69, 9.17) is 46.0 Å². The summed E-state index contributed by atoms with van der Waals surface area (Å²) in [5, 5.41) is 44.2. The van der Waals surface area contributed by atoms with Gasteiger partial charge in [0.25, 0.3) is 0 Å². The number of hydrogen-bond acceptors (Lipinski definition) is 9. The first-order valence-corrected chi connectivity index (χ1v) is 1.64. The predicted molar refractivity (Wildman–Crippen MR) is 31.1 cm³/mol. The van der Waals surface area contributed by atoms with Gasteiger partial charge in [0.15, 0.2) is 0 Å². The van der Waals surface area contributed by atoms with Crippen molar-refractivity contribution in [2.75, 3.05) is 0 Å². The molecule has 0 atom stereocenters. The van der Waals surface area contributed by atoms with Crippen LogP contribution in [0.1, 0.15) is 0 Å². The summed E-state index contributed by atoms with van der Waals surface area (Å²) in [4.78, 5) is 24.8. The van der Waals surface area contributed by atoms with Crippen LogP contribution in [0, 0.1) is 46.0 Å². The molecule has 0 spiro atoms. The van der Waals surface area contributed by atoms with Crippen LogP contribution in [-0.2, 0) is 19.5 Å². The maximum absolute atomic E-state index is 8.25. The van der Waals surface area contributed by atoms with E-state index in [0.717, 1.165) is 0 Å². The third-order valence-corrected chi connectivity index (χ3v) is 0. The Kier molecular flexibility index (Phi) is 28.8. The van der Waals surface area contributed by atoms with Gasteiger partial charge in [0.2, 0.25) is 0 Å². The van der Waals surface area contributed by atoms with Crippen LogP contribution in [0.15, 0.2) is 0 Å². The van der Waals surface area contributed by atoms with Gasteiger partial charge in [-0.3, -0.25) is 0 Å². The first-order chi connectivity index (χ1) is 5.20. The molecule has 0 aliphatic rings. The van der Waals surface area contributed by atoms with Crippen LogP contribution < -0.4 is 0 Å². The molecule has 0 rings (SSSR count). The molecule has 0 saturated heterocycles. The Bertz CT molecular complexity index is 112. The molecule has 0 aliphatic heterocycles. The molecule has 0 aliphatic carbocycles. The van der Waals surface area contributed by atoms with Crippen LogP contribution in [0.3, 0.4) is 0 Å². The van der Waals surface area contributed by atoms with Crippen molar-refractivity contribution in [3.8, 4) is 0 Å². The van der Waals surface area contributed by atoms with Crippen LogP contribution in [-0.4, -0.2) is 15.3 Å². The molecule has 0 saturated carbocycles. The van der Waals surface area contributed by atoms with Crippen molar-refractivity contribution in [3.63, 3.8) is 0 Å². The minimum atomic E-state index is -1.75. The summed E-state index contributed by atoms with van der Waals surface area (Å²) < 4.78 is 0. The Morgan fingerprint density at radius 2 is 0.538 bits per heavy atom. The van der Waals surface area contributed by atoms with E-state index < -0.39 is 15.3 Å². The molecular weight excluding hydrogens is 287 g/mol. The molecule has 13 heavy (non-hydrogen) atoms. The third kappa shape index (κ3) is 219. The fourth-order valence-corrected chi connectivity index (χ4v) is 0. The Labute approximate surface area is 81.5 Å². The van der Waals surface area contributed by atoms with Gasteiger partial charge in [0.1, 0.15) is 0 Å². The van der Waals surface area contributed by atoms with Crippen LogP contribution in [0.5, 0.6) is 0 Å². The van der Waals surface area contributed by atoms with Gasteiger partial charge in [-0.1, -0.05) is 0 Å². The smallest absolute Gasteiger partial charge is 0.356 e. The second-order valence-electron chi connectivity index (χ2n) is 0.671. The van der Waals surface area contributed by atoms with Crippen molar-refractivity contribution in [2.45, 2.75) is 0 Å². The zero-order chi connectivity index (χ0) is 10.7. The molecule has 0 bridgehead atoms. The second-order valence-corrected chi connectivity index (χ2v) is 0.671. The van der Waals surface area contributed by atoms with E-state index >= 15 is 0 Å². The summed E-state index contributed by atoms with van der Waals surface area (Å²) >= 11 is 0. The standard InChI is InChI=1S/3NO3.Ru/c3*2-1(3)4;/q3*-1;+3. The molecule has 0 N–H and O–H groups in total. The Morgan fingerprint density at radius 1 is 0.538 bits per heavy atom. The second kappa shape index (κ2) is 16.7. The summed E-state index contributed by atoms with van der Waals surface area (Å²) in [6.45, 7) is 0. The van der Waals surface area contributed by atoms with Gasteiger partial charge in [-0.15, -0.1) is 0 Å². The molecule has 0 aromatic carbocycles. The monoisotopic (exact) mass is 288 g/mol. The quantitative estimate of drug-likeness (QED) is 0.313. The predicted octanol–water partition coefficient (Wildman–Crippen LogP) is -0.720. The summed E-state index contributed by atoms with van der Waals surface area (Å²) in [6.07, 6.45) is 0. The van der Waals surface area contributed by atoms with Crippen molar-refractivity contribution >= 4 is 0 Å². The van der Waals surface area contributed by atoms with Crippen molar-refractivity contribution in [1.29, 1.82) is 0 Å². The van der Waals surface area contributed by atoms with Gasteiger partial charge in [-0.25, -0.2) is 0 Å². The molecule has 1 radical (unpaired) electrons. The third-order valence-electron chi connectivity index (χ3n) is 0. The average Bonchev–Trinajstić information content (AvgIpc) is 1.54. The Hall–Kier alpha value is -1.78. The summed E-state index contributed by atoms with van der Waals surface area (Å²) in [5.74, 6) is 0. The molecule has 0 aromatic rings. The van der Waals surface area contributed by atoms with Gasteiger partial charge >= 0.3 is 19.5 Å². The summed E-state index contributed by atoms with van der Waals surface area (Å²) in [5.41, 5.74) is 0. The van der Waals surface area contributed by atoms with E-state index in [-0.39, 0.29) is 19.5 Å². The fraction of sp³-hybridized carbons (Fsp3) is 0. The van der Waals surface area contributed by atoms with E-state index in [1.807, 2.05) is 0 Å². The van der Waals surface area contributed by atoms with Crippen LogP contribution in [0.25, 0.3) is 0 Å². The van der Waals surface area contributed by atoms with Crippen LogP contribution in [0.4, 0.5) is 0 Å². The Morgan fingerprint density at radius 3 is 0.538 bits per heavy atom. The molecule has 0 heterocycles. The maximum atomic E-state index is 8.25. The minimum Gasteiger partial charge on any atom is -0.356 e. The SMILES string of the molecule is O=[N+]([O-])[O-].O=[N+]([O-])[O-].O=[N+]([O-])[O-].[Ru+3]. The van der Waals surface area contributed by atoms with E-state index in [0.29, 0.717) is 0 Å². The maximum Gasteiger partial charge on any atom is 3.00 e. The zero-order valence-electron chi connectivity index (χ0n) is 5.37. The fourth-order valence-electron chi connectivity index (χ4n) is 0. The van der Waals surface area contributed by atoms with E-state index in [9.17, 15) is 0 Å². The molecule has 0 fully saturated rings. The largest absolute Gasteiger partial charge is 3.00 e. The van der Waals surface area contributed by atoms with Crippen LogP contribution >= 0.6 is 0 Å². The molecule has 13 heteroatoms. The van der Waals surface area contributed by atoms with Gasteiger partial charge in [0.05, 0.1) is 15.3 Å². The molecule has 0 unspecified atom stereocenters. The molecule has 77 valence electrons. The number of rotatable bonds is 0.